The molecule has 2 unspecified atom stereocenters. The average Bonchev–Trinajstić information content (AvgIpc) is 2.60. The maximum Gasteiger partial charge on any atom is 0.315 e. The number of halogens is 1. The van der Waals surface area contributed by atoms with Crippen LogP contribution in [-0.4, -0.2) is 23.4 Å². The molecule has 0 radical (unpaired) electrons. The molecule has 0 spiro atoms. The number of carbonyl (C=O) groups is 1. The van der Waals surface area contributed by atoms with Crippen LogP contribution in [0.5, 0.6) is 0 Å². The van der Waals surface area contributed by atoms with E-state index in [2.05, 4.69) is 20.9 Å². The summed E-state index contributed by atoms with van der Waals surface area (Å²) in [5, 5.41) is 0. The zero-order chi connectivity index (χ0) is 19.0. The van der Waals surface area contributed by atoms with Crippen molar-refractivity contribution in [3.05, 3.63) is 62.5 Å². The van der Waals surface area contributed by atoms with Crippen molar-refractivity contribution in [3.8, 4) is 0 Å². The van der Waals surface area contributed by atoms with E-state index < -0.39 is 17.8 Å². The second-order valence-corrected chi connectivity index (χ2v) is 7.53. The van der Waals surface area contributed by atoms with E-state index in [1.165, 1.54) is 7.11 Å². The predicted octanol–water partition coefficient (Wildman–Crippen LogP) is 4.22. The lowest BCUT2D eigenvalue weighted by molar-refractivity contribution is -0.143. The summed E-state index contributed by atoms with van der Waals surface area (Å²) in [7, 11) is 1.36. The quantitative estimate of drug-likeness (QED) is 0.703. The summed E-state index contributed by atoms with van der Waals surface area (Å²) in [4.78, 5) is 30.4. The molecule has 136 valence electrons. The summed E-state index contributed by atoms with van der Waals surface area (Å²) >= 11 is 3.57. The van der Waals surface area contributed by atoms with Crippen molar-refractivity contribution in [1.82, 2.24) is 4.57 Å². The first-order valence-electron chi connectivity index (χ1n) is 8.49. The normalized spacial score (nSPS) is 19.1. The minimum absolute atomic E-state index is 0.0104. The van der Waals surface area contributed by atoms with Gasteiger partial charge in [0.05, 0.1) is 18.4 Å². The first-order valence-corrected chi connectivity index (χ1v) is 9.28. The number of nitrogens with zero attached hydrogens (tertiary/aromatic N) is 2. The Morgan fingerprint density at radius 1 is 1.27 bits per heavy atom. The maximum atomic E-state index is 13.2. The molecule has 1 aliphatic heterocycles. The molecule has 2 aromatic rings. The van der Waals surface area contributed by atoms with Crippen LogP contribution in [0.15, 0.2) is 50.8 Å². The lowest BCUT2D eigenvalue weighted by atomic mass is 9.76. The number of esters is 1. The van der Waals surface area contributed by atoms with Crippen LogP contribution in [0.25, 0.3) is 0 Å². The minimum atomic E-state index is -0.637. The van der Waals surface area contributed by atoms with Crippen molar-refractivity contribution in [2.45, 2.75) is 32.7 Å². The molecule has 1 aliphatic rings. The van der Waals surface area contributed by atoms with E-state index in [0.717, 1.165) is 10.0 Å². The number of hydrogen-bond donors (Lipinski definition) is 0. The van der Waals surface area contributed by atoms with Gasteiger partial charge in [0, 0.05) is 28.3 Å². The van der Waals surface area contributed by atoms with Gasteiger partial charge in [-0.1, -0.05) is 34.1 Å². The van der Waals surface area contributed by atoms with Crippen molar-refractivity contribution in [2.75, 3.05) is 7.11 Å². The molecule has 0 aliphatic carbocycles. The number of methoxy groups -OCH3 is 1. The van der Waals surface area contributed by atoms with Crippen LogP contribution in [0.1, 0.15) is 43.9 Å². The predicted molar refractivity (Wildman–Crippen MR) is 105 cm³/mol. The summed E-state index contributed by atoms with van der Waals surface area (Å²) in [5.41, 5.74) is 2.55. The van der Waals surface area contributed by atoms with E-state index in [4.69, 9.17) is 4.74 Å². The van der Waals surface area contributed by atoms with Gasteiger partial charge < -0.3 is 9.30 Å². The Morgan fingerprint density at radius 2 is 1.96 bits per heavy atom. The SMILES string of the molecule is COC(=O)C1C(C)=Nc2ccn(C(C)C)c(=O)c2C1c1ccccc1Br. The number of hydrogen-bond acceptors (Lipinski definition) is 4. The molecule has 0 saturated heterocycles. The van der Waals surface area contributed by atoms with Gasteiger partial charge in [-0.3, -0.25) is 14.6 Å². The first-order chi connectivity index (χ1) is 12.4. The van der Waals surface area contributed by atoms with Gasteiger partial charge in [-0.15, -0.1) is 0 Å². The number of aliphatic imine (C=N–C) groups is 1. The van der Waals surface area contributed by atoms with Gasteiger partial charge >= 0.3 is 5.97 Å². The molecule has 0 N–H and O–H groups in total. The molecular formula is C20H21BrN2O3. The van der Waals surface area contributed by atoms with Crippen LogP contribution in [-0.2, 0) is 9.53 Å². The topological polar surface area (TPSA) is 60.7 Å². The van der Waals surface area contributed by atoms with E-state index >= 15 is 0 Å². The summed E-state index contributed by atoms with van der Waals surface area (Å²) in [6.45, 7) is 5.72. The standard InChI is InChI=1S/C20H21BrN2O3/c1-11(2)23-10-9-15-18(19(23)24)17(13-7-5-6-8-14(13)21)16(12(3)22-15)20(25)26-4/h5-11,16-17H,1-4H3. The first kappa shape index (κ1) is 18.6. The highest BCUT2D eigenvalue weighted by Gasteiger charge is 2.41. The zero-order valence-corrected chi connectivity index (χ0v) is 16.8. The van der Waals surface area contributed by atoms with Crippen molar-refractivity contribution in [2.24, 2.45) is 10.9 Å². The van der Waals surface area contributed by atoms with Crippen LogP contribution < -0.4 is 5.56 Å². The lowest BCUT2D eigenvalue weighted by Gasteiger charge is -2.31. The van der Waals surface area contributed by atoms with Gasteiger partial charge in [-0.25, -0.2) is 0 Å². The highest BCUT2D eigenvalue weighted by molar-refractivity contribution is 9.10. The van der Waals surface area contributed by atoms with Crippen LogP contribution in [0.4, 0.5) is 5.69 Å². The van der Waals surface area contributed by atoms with Crippen LogP contribution >= 0.6 is 15.9 Å². The molecule has 0 saturated carbocycles. The van der Waals surface area contributed by atoms with Gasteiger partial charge in [-0.05, 0) is 38.5 Å². The number of carbonyl (C=O) groups excluding carboxylic acids is 1. The number of aromatic nitrogens is 1. The van der Waals surface area contributed by atoms with Gasteiger partial charge in [0.1, 0.15) is 5.92 Å². The largest absolute Gasteiger partial charge is 0.468 e. The third kappa shape index (κ3) is 3.03. The Bertz CT molecular complexity index is 946. The Hall–Kier alpha value is -2.21. The van der Waals surface area contributed by atoms with Crippen LogP contribution in [0, 0.1) is 5.92 Å². The molecule has 5 nitrogen and oxygen atoms in total. The Kier molecular flexibility index (Phi) is 5.14. The van der Waals surface area contributed by atoms with Gasteiger partial charge in [-0.2, -0.15) is 0 Å². The van der Waals surface area contributed by atoms with E-state index in [1.54, 1.807) is 10.8 Å². The van der Waals surface area contributed by atoms with Crippen LogP contribution in [0.3, 0.4) is 0 Å². The molecular weight excluding hydrogens is 396 g/mol. The zero-order valence-electron chi connectivity index (χ0n) is 15.2. The Labute approximate surface area is 160 Å². The van der Waals surface area contributed by atoms with E-state index in [-0.39, 0.29) is 11.6 Å². The summed E-state index contributed by atoms with van der Waals surface area (Å²) in [6.07, 6.45) is 1.76. The van der Waals surface area contributed by atoms with E-state index in [1.807, 2.05) is 51.1 Å². The molecule has 3 rings (SSSR count). The summed E-state index contributed by atoms with van der Waals surface area (Å²) in [6, 6.07) is 9.50. The van der Waals surface area contributed by atoms with E-state index in [0.29, 0.717) is 17.0 Å². The molecule has 2 atom stereocenters. The number of ether oxygens (including phenoxy) is 1. The van der Waals surface area contributed by atoms with Gasteiger partial charge in [0.15, 0.2) is 0 Å². The average molecular weight is 417 g/mol. The smallest absolute Gasteiger partial charge is 0.315 e. The van der Waals surface area contributed by atoms with Crippen molar-refractivity contribution in [3.63, 3.8) is 0 Å². The molecule has 1 aromatic carbocycles. The molecule has 0 fully saturated rings. The molecule has 0 bridgehead atoms. The second-order valence-electron chi connectivity index (χ2n) is 6.67. The van der Waals surface area contributed by atoms with Gasteiger partial charge in [0.2, 0.25) is 0 Å². The van der Waals surface area contributed by atoms with Gasteiger partial charge in [0.25, 0.3) is 5.56 Å². The minimum Gasteiger partial charge on any atom is -0.468 e. The molecule has 1 aromatic heterocycles. The monoisotopic (exact) mass is 416 g/mol. The highest BCUT2D eigenvalue weighted by Crippen LogP contribution is 2.43. The van der Waals surface area contributed by atoms with Crippen molar-refractivity contribution >= 4 is 33.3 Å². The Balaban J connectivity index is 2.35. The molecule has 26 heavy (non-hydrogen) atoms. The fourth-order valence-corrected chi connectivity index (χ4v) is 4.05. The second kappa shape index (κ2) is 7.19. The fourth-order valence-electron chi connectivity index (χ4n) is 3.52. The Morgan fingerprint density at radius 3 is 2.58 bits per heavy atom. The molecule has 6 heteroatoms. The van der Waals surface area contributed by atoms with Crippen molar-refractivity contribution < 1.29 is 9.53 Å². The summed E-state index contributed by atoms with van der Waals surface area (Å²) in [5.74, 6) is -1.48. The van der Waals surface area contributed by atoms with E-state index in [9.17, 15) is 9.59 Å². The number of benzene rings is 1. The summed E-state index contributed by atoms with van der Waals surface area (Å²) < 4.78 is 7.56. The third-order valence-corrected chi connectivity index (χ3v) is 5.50. The lowest BCUT2D eigenvalue weighted by Crippen LogP contribution is -2.38. The number of rotatable bonds is 3. The number of fused-ring (bicyclic) bond motifs is 1. The molecule has 0 amide bonds. The van der Waals surface area contributed by atoms with Crippen LogP contribution in [0.2, 0.25) is 0 Å². The van der Waals surface area contributed by atoms with Crippen molar-refractivity contribution in [1.29, 1.82) is 0 Å². The molecule has 2 heterocycles. The fraction of sp³-hybridized carbons (Fsp3) is 0.350. The highest BCUT2D eigenvalue weighted by atomic mass is 79.9. The maximum absolute atomic E-state index is 13.2. The number of pyridine rings is 1. The third-order valence-electron chi connectivity index (χ3n) is 4.78.